The maximum Gasteiger partial charge on any atom is 0.573 e. The Hall–Kier alpha value is -2.86. The molecule has 12 heteroatoms. The van der Waals surface area contributed by atoms with Crippen molar-refractivity contribution in [3.05, 3.63) is 53.9 Å². The lowest BCUT2D eigenvalue weighted by Crippen LogP contribution is -2.42. The number of piperidine rings is 1. The van der Waals surface area contributed by atoms with E-state index in [1.54, 1.807) is 17.0 Å². The third-order valence-electron chi connectivity index (χ3n) is 4.65. The zero-order chi connectivity index (χ0) is 23.4. The molecule has 32 heavy (non-hydrogen) atoms. The molecule has 0 bridgehead atoms. The van der Waals surface area contributed by atoms with Crippen LogP contribution >= 0.6 is 0 Å². The summed E-state index contributed by atoms with van der Waals surface area (Å²) in [4.78, 5) is 18.4. The maximum atomic E-state index is 12.8. The van der Waals surface area contributed by atoms with Crippen molar-refractivity contribution in [3.8, 4) is 11.5 Å². The van der Waals surface area contributed by atoms with Crippen molar-refractivity contribution in [2.45, 2.75) is 31.9 Å². The van der Waals surface area contributed by atoms with Crippen LogP contribution in [0.1, 0.15) is 28.9 Å². The molecule has 2 heterocycles. The standard InChI is InChI=1S/C20H22F3N3O5S/c1-32(28,29)25-13-14-5-8-24-18(11-14)19(27)26-9-6-15(7-10-26)30-16-3-2-4-17(12-16)31-20(21,22)23/h2-5,8,11-12,15,25H,6-7,9-10,13H2,1H3. The van der Waals surface area contributed by atoms with Crippen molar-refractivity contribution < 1.29 is 35.9 Å². The number of hydrogen-bond donors (Lipinski definition) is 1. The predicted octanol–water partition coefficient (Wildman–Crippen LogP) is 2.71. The second-order valence-corrected chi connectivity index (χ2v) is 9.11. The van der Waals surface area contributed by atoms with Gasteiger partial charge in [0.05, 0.1) is 6.26 Å². The van der Waals surface area contributed by atoms with E-state index in [0.29, 0.717) is 31.5 Å². The van der Waals surface area contributed by atoms with Crippen LogP contribution in [0.3, 0.4) is 0 Å². The van der Waals surface area contributed by atoms with Gasteiger partial charge in [0.15, 0.2) is 0 Å². The number of aromatic nitrogens is 1. The molecule has 1 saturated heterocycles. The third-order valence-corrected chi connectivity index (χ3v) is 5.32. The summed E-state index contributed by atoms with van der Waals surface area (Å²) in [6, 6.07) is 8.47. The number of amides is 1. The van der Waals surface area contributed by atoms with Gasteiger partial charge in [-0.2, -0.15) is 0 Å². The van der Waals surface area contributed by atoms with Gasteiger partial charge < -0.3 is 14.4 Å². The van der Waals surface area contributed by atoms with E-state index in [4.69, 9.17) is 4.74 Å². The number of carbonyl (C=O) groups is 1. The highest BCUT2D eigenvalue weighted by Crippen LogP contribution is 2.28. The molecule has 0 aliphatic carbocycles. The molecule has 1 aliphatic rings. The van der Waals surface area contributed by atoms with Gasteiger partial charge in [-0.1, -0.05) is 6.07 Å². The number of likely N-dealkylation sites (tertiary alicyclic amines) is 1. The molecule has 174 valence electrons. The van der Waals surface area contributed by atoms with Crippen LogP contribution in [0.2, 0.25) is 0 Å². The van der Waals surface area contributed by atoms with E-state index in [-0.39, 0.29) is 35.7 Å². The number of alkyl halides is 3. The number of sulfonamides is 1. The van der Waals surface area contributed by atoms with Crippen molar-refractivity contribution in [1.29, 1.82) is 0 Å². The van der Waals surface area contributed by atoms with Crippen LogP contribution in [-0.2, 0) is 16.6 Å². The van der Waals surface area contributed by atoms with Crippen molar-refractivity contribution in [2.75, 3.05) is 19.3 Å². The van der Waals surface area contributed by atoms with Crippen LogP contribution in [0.25, 0.3) is 0 Å². The minimum Gasteiger partial charge on any atom is -0.490 e. The van der Waals surface area contributed by atoms with Crippen LogP contribution in [0, 0.1) is 0 Å². The Balaban J connectivity index is 1.55. The molecule has 0 spiro atoms. The van der Waals surface area contributed by atoms with E-state index >= 15 is 0 Å². The summed E-state index contributed by atoms with van der Waals surface area (Å²) in [7, 11) is -3.36. The molecule has 1 aliphatic heterocycles. The summed E-state index contributed by atoms with van der Waals surface area (Å²) in [5.74, 6) is -0.395. The third kappa shape index (κ3) is 7.38. The number of pyridine rings is 1. The molecule has 1 aromatic heterocycles. The Kier molecular flexibility index (Phi) is 7.24. The minimum atomic E-state index is -4.78. The lowest BCUT2D eigenvalue weighted by atomic mass is 10.1. The number of rotatable bonds is 7. The number of hydrogen-bond acceptors (Lipinski definition) is 6. The zero-order valence-electron chi connectivity index (χ0n) is 17.1. The summed E-state index contributed by atoms with van der Waals surface area (Å²) in [5.41, 5.74) is 0.808. The first-order valence-electron chi connectivity index (χ1n) is 9.70. The van der Waals surface area contributed by atoms with Crippen molar-refractivity contribution in [3.63, 3.8) is 0 Å². The van der Waals surface area contributed by atoms with E-state index < -0.39 is 16.4 Å². The predicted molar refractivity (Wildman–Crippen MR) is 109 cm³/mol. The number of nitrogens with zero attached hydrogens (tertiary/aromatic N) is 2. The van der Waals surface area contributed by atoms with E-state index in [2.05, 4.69) is 14.4 Å². The van der Waals surface area contributed by atoms with Gasteiger partial charge in [0.2, 0.25) is 10.0 Å². The Morgan fingerprint density at radius 3 is 2.53 bits per heavy atom. The molecular weight excluding hydrogens is 451 g/mol. The molecule has 0 saturated carbocycles. The molecule has 3 rings (SSSR count). The molecule has 1 fully saturated rings. The Morgan fingerprint density at radius 1 is 1.19 bits per heavy atom. The summed E-state index contributed by atoms with van der Waals surface area (Å²) < 4.78 is 71.6. The SMILES string of the molecule is CS(=O)(=O)NCc1ccnc(C(=O)N2CCC(Oc3cccc(OC(F)(F)F)c3)CC2)c1. The topological polar surface area (TPSA) is 97.8 Å². The number of carbonyl (C=O) groups excluding carboxylic acids is 1. The van der Waals surface area contributed by atoms with Gasteiger partial charge in [-0.15, -0.1) is 13.2 Å². The highest BCUT2D eigenvalue weighted by molar-refractivity contribution is 7.88. The Labute approximate surface area is 183 Å². The first-order valence-corrected chi connectivity index (χ1v) is 11.6. The fraction of sp³-hybridized carbons (Fsp3) is 0.400. The minimum absolute atomic E-state index is 0.0503. The van der Waals surface area contributed by atoms with Gasteiger partial charge in [-0.05, 0) is 29.8 Å². The van der Waals surface area contributed by atoms with Crippen LogP contribution in [0.15, 0.2) is 42.6 Å². The van der Waals surface area contributed by atoms with Gasteiger partial charge in [-0.3, -0.25) is 9.78 Å². The molecular formula is C20H22F3N3O5S. The molecule has 1 N–H and O–H groups in total. The van der Waals surface area contributed by atoms with Gasteiger partial charge in [-0.25, -0.2) is 13.1 Å². The number of nitrogens with one attached hydrogen (secondary N) is 1. The van der Waals surface area contributed by atoms with Crippen LogP contribution in [-0.4, -0.2) is 56.0 Å². The molecule has 8 nitrogen and oxygen atoms in total. The largest absolute Gasteiger partial charge is 0.573 e. The molecule has 1 amide bonds. The summed E-state index contributed by atoms with van der Waals surface area (Å²) in [6.07, 6.45) is -1.57. The smallest absolute Gasteiger partial charge is 0.490 e. The van der Waals surface area contributed by atoms with E-state index in [9.17, 15) is 26.4 Å². The molecule has 2 aromatic rings. The molecule has 1 aromatic carbocycles. The lowest BCUT2D eigenvalue weighted by molar-refractivity contribution is -0.274. The van der Waals surface area contributed by atoms with Crippen molar-refractivity contribution in [2.24, 2.45) is 0 Å². The van der Waals surface area contributed by atoms with Gasteiger partial charge >= 0.3 is 6.36 Å². The summed E-state index contributed by atoms with van der Waals surface area (Å²) in [5, 5.41) is 0. The molecule has 0 unspecified atom stereocenters. The second kappa shape index (κ2) is 9.74. The normalized spacial score (nSPS) is 15.4. The number of benzene rings is 1. The van der Waals surface area contributed by atoms with Gasteiger partial charge in [0, 0.05) is 44.7 Å². The highest BCUT2D eigenvalue weighted by Gasteiger charge is 2.31. The Morgan fingerprint density at radius 2 is 1.88 bits per heavy atom. The highest BCUT2D eigenvalue weighted by atomic mass is 32.2. The quantitative estimate of drug-likeness (QED) is 0.664. The van der Waals surface area contributed by atoms with Gasteiger partial charge in [0.25, 0.3) is 5.91 Å². The fourth-order valence-electron chi connectivity index (χ4n) is 3.19. The second-order valence-electron chi connectivity index (χ2n) is 7.27. The summed E-state index contributed by atoms with van der Waals surface area (Å²) in [6.45, 7) is 0.820. The van der Waals surface area contributed by atoms with Crippen LogP contribution in [0.5, 0.6) is 11.5 Å². The first-order chi connectivity index (χ1) is 15.0. The maximum absolute atomic E-state index is 12.8. The first kappa shape index (κ1) is 23.8. The van der Waals surface area contributed by atoms with Crippen LogP contribution < -0.4 is 14.2 Å². The average Bonchev–Trinajstić information content (AvgIpc) is 2.71. The van der Waals surface area contributed by atoms with E-state index in [1.807, 2.05) is 0 Å². The monoisotopic (exact) mass is 473 g/mol. The summed E-state index contributed by atoms with van der Waals surface area (Å²) >= 11 is 0. The van der Waals surface area contributed by atoms with Crippen LogP contribution in [0.4, 0.5) is 13.2 Å². The average molecular weight is 473 g/mol. The lowest BCUT2D eigenvalue weighted by Gasteiger charge is -2.32. The van der Waals surface area contributed by atoms with E-state index in [1.165, 1.54) is 30.5 Å². The molecule has 0 atom stereocenters. The van der Waals surface area contributed by atoms with Crippen molar-refractivity contribution >= 4 is 15.9 Å². The van der Waals surface area contributed by atoms with Crippen molar-refractivity contribution in [1.82, 2.24) is 14.6 Å². The van der Waals surface area contributed by atoms with Gasteiger partial charge in [0.1, 0.15) is 23.3 Å². The Bertz CT molecular complexity index is 1050. The fourth-order valence-corrected chi connectivity index (χ4v) is 3.62. The molecule has 0 radical (unpaired) electrons. The van der Waals surface area contributed by atoms with E-state index in [0.717, 1.165) is 6.26 Å². The number of ether oxygens (including phenoxy) is 2. The number of halogens is 3. The zero-order valence-corrected chi connectivity index (χ0v) is 17.9.